The van der Waals surface area contributed by atoms with Crippen LogP contribution in [0.1, 0.15) is 71.1 Å². The van der Waals surface area contributed by atoms with Crippen molar-refractivity contribution in [2.24, 2.45) is 29.6 Å². The molecule has 0 radical (unpaired) electrons. The van der Waals surface area contributed by atoms with Crippen LogP contribution in [0.15, 0.2) is 24.3 Å². The monoisotopic (exact) mass is 414 g/mol. The molecule has 4 aliphatic carbocycles. The van der Waals surface area contributed by atoms with Crippen molar-refractivity contribution in [3.05, 3.63) is 24.3 Å². The molecule has 7 unspecified atom stereocenters. The van der Waals surface area contributed by atoms with E-state index in [0.717, 1.165) is 40.7 Å². The van der Waals surface area contributed by atoms with Crippen molar-refractivity contribution in [2.75, 3.05) is 0 Å². The minimum Gasteiger partial charge on any atom is -0.0808 e. The molecule has 0 aliphatic heterocycles. The third kappa shape index (κ3) is 3.59. The van der Waals surface area contributed by atoms with Crippen molar-refractivity contribution >= 4 is 15.2 Å². The average molecular weight is 415 g/mol. The number of unbranched alkanes of at least 4 members (excludes halogenated alkanes) is 1. The Hall–Kier alpha value is -0.0862. The van der Waals surface area contributed by atoms with Gasteiger partial charge in [-0.1, -0.05) is 102 Å². The molecular weight excluding hydrogens is 368 g/mol. The van der Waals surface area contributed by atoms with E-state index in [1.165, 1.54) is 25.7 Å². The largest absolute Gasteiger partial charge is 0.0808 e. The van der Waals surface area contributed by atoms with Crippen LogP contribution in [0, 0.1) is 29.6 Å². The van der Waals surface area contributed by atoms with Gasteiger partial charge in [-0.15, -0.1) is 0 Å². The van der Waals surface area contributed by atoms with Gasteiger partial charge in [-0.05, 0) is 59.9 Å². The summed E-state index contributed by atoms with van der Waals surface area (Å²) in [5.74, 6) is 4.92. The minimum atomic E-state index is -1.19. The molecule has 0 aromatic heterocycles. The van der Waals surface area contributed by atoms with E-state index in [9.17, 15) is 0 Å². The Morgan fingerprint density at radius 2 is 1.54 bits per heavy atom. The van der Waals surface area contributed by atoms with Gasteiger partial charge in [0.25, 0.3) is 0 Å². The normalized spacial score (nSPS) is 40.5. The first-order chi connectivity index (χ1) is 13.4. The second-order valence-electron chi connectivity index (χ2n) is 12.1. The molecule has 0 spiro atoms. The molecule has 3 saturated carbocycles. The van der Waals surface area contributed by atoms with E-state index in [1.807, 2.05) is 0 Å². The number of hydrogen-bond acceptors (Lipinski definition) is 0. The predicted molar refractivity (Wildman–Crippen MR) is 130 cm³/mol. The zero-order chi connectivity index (χ0) is 19.9. The van der Waals surface area contributed by atoms with Crippen molar-refractivity contribution in [2.45, 2.75) is 108 Å². The van der Waals surface area contributed by atoms with E-state index in [4.69, 9.17) is 0 Å². The number of fused-ring (bicyclic) bond motifs is 3. The molecule has 0 aromatic rings. The maximum Gasteiger partial charge on any atom is 0.0448 e. The Kier molecular flexibility index (Phi) is 6.20. The summed E-state index contributed by atoms with van der Waals surface area (Å²) in [6, 6.07) is 0. The van der Waals surface area contributed by atoms with Crippen LogP contribution >= 0.6 is 0 Å². The summed E-state index contributed by atoms with van der Waals surface area (Å²) < 4.78 is 0. The molecular formula is C26H46Si2. The van der Waals surface area contributed by atoms with E-state index in [1.54, 1.807) is 38.5 Å². The van der Waals surface area contributed by atoms with Gasteiger partial charge < -0.3 is 0 Å². The first-order valence-electron chi connectivity index (χ1n) is 12.7. The highest BCUT2D eigenvalue weighted by Gasteiger charge is 2.57. The van der Waals surface area contributed by atoms with Crippen LogP contribution < -0.4 is 0 Å². The summed E-state index contributed by atoms with van der Waals surface area (Å²) in [4.78, 5) is 0. The lowest BCUT2D eigenvalue weighted by Crippen LogP contribution is -2.61. The quantitative estimate of drug-likeness (QED) is 0.383. The van der Waals surface area contributed by atoms with Crippen LogP contribution in [-0.2, 0) is 0 Å². The van der Waals surface area contributed by atoms with Crippen LogP contribution in [0.4, 0.5) is 0 Å². The average Bonchev–Trinajstić information content (AvgIpc) is 3.33. The van der Waals surface area contributed by atoms with Gasteiger partial charge in [-0.25, -0.2) is 0 Å². The van der Waals surface area contributed by atoms with Gasteiger partial charge in [0.05, 0.1) is 0 Å². The van der Waals surface area contributed by atoms with E-state index in [0.29, 0.717) is 0 Å². The van der Waals surface area contributed by atoms with E-state index >= 15 is 0 Å². The molecule has 0 amide bonds. The van der Waals surface area contributed by atoms with Crippen molar-refractivity contribution in [1.29, 1.82) is 0 Å². The van der Waals surface area contributed by atoms with Gasteiger partial charge in [0.15, 0.2) is 0 Å². The highest BCUT2D eigenvalue weighted by molar-refractivity contribution is 7.41. The molecule has 0 N–H and O–H groups in total. The van der Waals surface area contributed by atoms with E-state index in [2.05, 4.69) is 57.4 Å². The third-order valence-corrected chi connectivity index (χ3v) is 31.4. The fourth-order valence-corrected chi connectivity index (χ4v) is 22.3. The van der Waals surface area contributed by atoms with Crippen molar-refractivity contribution in [1.82, 2.24) is 0 Å². The lowest BCUT2D eigenvalue weighted by molar-refractivity contribution is 0.173. The first-order valence-corrected chi connectivity index (χ1v) is 19.9. The zero-order valence-electron chi connectivity index (χ0n) is 19.4. The van der Waals surface area contributed by atoms with Gasteiger partial charge in [0, 0.05) is 15.2 Å². The molecule has 2 heteroatoms. The third-order valence-electron chi connectivity index (χ3n) is 10.6. The Morgan fingerprint density at radius 1 is 0.786 bits per heavy atom. The predicted octanol–water partition coefficient (Wildman–Crippen LogP) is 8.39. The minimum absolute atomic E-state index is 0.870. The SMILES string of the molecule is CCCCC1CCC([Si](C)(C)[Si](C)(C)C2CCC3C4C=CC=CC4CCC32)C1. The topological polar surface area (TPSA) is 0 Å². The van der Waals surface area contributed by atoms with Crippen molar-refractivity contribution in [3.63, 3.8) is 0 Å². The maximum absolute atomic E-state index is 2.87. The summed E-state index contributed by atoms with van der Waals surface area (Å²) in [6.45, 7) is 13.8. The maximum atomic E-state index is 2.87. The van der Waals surface area contributed by atoms with Crippen LogP contribution in [-0.4, -0.2) is 15.2 Å². The van der Waals surface area contributed by atoms with Crippen molar-refractivity contribution < 1.29 is 0 Å². The molecule has 0 heterocycles. The molecule has 28 heavy (non-hydrogen) atoms. The smallest absolute Gasteiger partial charge is 0.0448 e. The Balaban J connectivity index is 1.47. The highest BCUT2D eigenvalue weighted by atomic mass is 29.3. The highest BCUT2D eigenvalue weighted by Crippen LogP contribution is 2.60. The summed E-state index contributed by atoms with van der Waals surface area (Å²) in [5, 5.41) is 0. The lowest BCUT2D eigenvalue weighted by atomic mass is 9.66. The van der Waals surface area contributed by atoms with Gasteiger partial charge in [-0.3, -0.25) is 0 Å². The Labute approximate surface area is 177 Å². The number of rotatable bonds is 6. The zero-order valence-corrected chi connectivity index (χ0v) is 21.4. The molecule has 158 valence electrons. The Bertz CT molecular complexity index is 602. The van der Waals surface area contributed by atoms with Crippen LogP contribution in [0.5, 0.6) is 0 Å². The molecule has 0 bridgehead atoms. The van der Waals surface area contributed by atoms with Crippen LogP contribution in [0.25, 0.3) is 0 Å². The van der Waals surface area contributed by atoms with E-state index < -0.39 is 15.2 Å². The van der Waals surface area contributed by atoms with Gasteiger partial charge >= 0.3 is 0 Å². The van der Waals surface area contributed by atoms with Gasteiger partial charge in [-0.2, -0.15) is 0 Å². The fourth-order valence-electron chi connectivity index (χ4n) is 8.18. The molecule has 0 saturated heterocycles. The van der Waals surface area contributed by atoms with Crippen LogP contribution in [0.3, 0.4) is 0 Å². The van der Waals surface area contributed by atoms with Gasteiger partial charge in [0.1, 0.15) is 0 Å². The molecule has 4 aliphatic rings. The van der Waals surface area contributed by atoms with Crippen LogP contribution in [0.2, 0.25) is 37.3 Å². The first kappa shape index (κ1) is 21.2. The summed E-state index contributed by atoms with van der Waals surface area (Å²) in [7, 11) is -2.35. The Morgan fingerprint density at radius 3 is 2.32 bits per heavy atom. The molecule has 4 rings (SSSR count). The lowest BCUT2D eigenvalue weighted by Gasteiger charge is -2.51. The number of hydrogen-bond donors (Lipinski definition) is 0. The van der Waals surface area contributed by atoms with Gasteiger partial charge in [0.2, 0.25) is 0 Å². The number of allylic oxidation sites excluding steroid dienone is 4. The summed E-state index contributed by atoms with van der Waals surface area (Å²) >= 11 is 0. The molecule has 0 aromatic carbocycles. The second-order valence-corrected chi connectivity index (χ2v) is 28.2. The standard InChI is InChI=1S/C26H46Si2/c1-6-7-10-20-13-15-22(19-20)27(2,3)28(4,5)26-18-17-24-23-12-9-8-11-21(23)14-16-25(24)26/h8-9,11-12,20-26H,6-7,10,13-19H2,1-5H3. The summed E-state index contributed by atoms with van der Waals surface area (Å²) in [5.41, 5.74) is 2.28. The second kappa shape index (κ2) is 8.21. The van der Waals surface area contributed by atoms with E-state index in [-0.39, 0.29) is 0 Å². The van der Waals surface area contributed by atoms with Crippen molar-refractivity contribution in [3.8, 4) is 0 Å². The molecule has 3 fully saturated rings. The fraction of sp³-hybridized carbons (Fsp3) is 0.846. The molecule has 7 atom stereocenters. The molecule has 0 nitrogen and oxygen atoms in total. The summed E-state index contributed by atoms with van der Waals surface area (Å²) in [6.07, 6.45) is 25.1.